The van der Waals surface area contributed by atoms with Crippen LogP contribution in [0.1, 0.15) is 55.0 Å². The van der Waals surface area contributed by atoms with E-state index in [2.05, 4.69) is 19.7 Å². The second-order valence-electron chi connectivity index (χ2n) is 10.6. The smallest absolute Gasteiger partial charge is 0.221 e. The van der Waals surface area contributed by atoms with Gasteiger partial charge in [0.15, 0.2) is 0 Å². The molecule has 3 heterocycles. The van der Waals surface area contributed by atoms with E-state index in [4.69, 9.17) is 0 Å². The normalized spacial score (nSPS) is 29.9. The highest BCUT2D eigenvalue weighted by Gasteiger charge is 2.43. The van der Waals surface area contributed by atoms with Crippen molar-refractivity contribution in [2.24, 2.45) is 11.8 Å². The Balaban J connectivity index is 1.20. The van der Waals surface area contributed by atoms with Crippen LogP contribution in [-0.2, 0) is 16.6 Å². The Morgan fingerprint density at radius 3 is 2.31 bits per heavy atom. The van der Waals surface area contributed by atoms with Crippen LogP contribution in [0.5, 0.6) is 0 Å². The van der Waals surface area contributed by atoms with Crippen LogP contribution in [0, 0.1) is 17.7 Å². The van der Waals surface area contributed by atoms with Gasteiger partial charge in [0.25, 0.3) is 0 Å². The fraction of sp³-hybridized carbons (Fsp3) is 0.481. The Kier molecular flexibility index (Phi) is 6.08. The standard InChI is InChI=1S/C27H32FN5O2S/c1-19-7-12-26(20-5-3-2-4-6-20)36(34,35)33(19)16-21-10-11-24(13-25(21)28)31-14-22-8-9-23(15-31)27(22)32-17-29-30-18-32/h2-6,10-11,13,17-19,22-23,26-27H,7-9,12,14-16H2,1H3/t19-,22-,23?,26+,27+/m0/s1. The van der Waals surface area contributed by atoms with Crippen molar-refractivity contribution >= 4 is 15.7 Å². The quantitative estimate of drug-likeness (QED) is 0.504. The molecule has 6 rings (SSSR count). The molecule has 3 aromatic rings. The highest BCUT2D eigenvalue weighted by atomic mass is 32.2. The van der Waals surface area contributed by atoms with E-state index in [1.807, 2.05) is 43.3 Å². The third kappa shape index (κ3) is 4.12. The summed E-state index contributed by atoms with van der Waals surface area (Å²) >= 11 is 0. The Labute approximate surface area is 212 Å². The average molecular weight is 510 g/mol. The maximum absolute atomic E-state index is 15.4. The molecule has 1 aromatic heterocycles. The number of benzene rings is 2. The summed E-state index contributed by atoms with van der Waals surface area (Å²) in [4.78, 5) is 2.28. The Morgan fingerprint density at radius 1 is 0.944 bits per heavy atom. The molecule has 2 saturated heterocycles. The van der Waals surface area contributed by atoms with E-state index in [0.717, 1.165) is 43.6 Å². The van der Waals surface area contributed by atoms with Gasteiger partial charge in [0, 0.05) is 43.0 Å². The number of aromatic nitrogens is 3. The summed E-state index contributed by atoms with van der Waals surface area (Å²) in [5.74, 6) is 0.624. The molecule has 5 atom stereocenters. The third-order valence-corrected chi connectivity index (χ3v) is 10.9. The van der Waals surface area contributed by atoms with Crippen LogP contribution in [0.3, 0.4) is 0 Å². The fourth-order valence-electron chi connectivity index (χ4n) is 6.64. The lowest BCUT2D eigenvalue weighted by Gasteiger charge is -2.40. The fourth-order valence-corrected chi connectivity index (χ4v) is 8.82. The van der Waals surface area contributed by atoms with E-state index in [9.17, 15) is 8.42 Å². The number of anilines is 1. The number of nitrogens with zero attached hydrogens (tertiary/aromatic N) is 5. The van der Waals surface area contributed by atoms with Crippen LogP contribution in [-0.4, -0.2) is 46.6 Å². The van der Waals surface area contributed by atoms with Crippen molar-refractivity contribution in [2.45, 2.75) is 56.5 Å². The molecule has 2 aliphatic heterocycles. The zero-order valence-corrected chi connectivity index (χ0v) is 21.3. The summed E-state index contributed by atoms with van der Waals surface area (Å²) in [6, 6.07) is 14.9. The van der Waals surface area contributed by atoms with Gasteiger partial charge in [-0.15, -0.1) is 10.2 Å². The van der Waals surface area contributed by atoms with E-state index < -0.39 is 15.3 Å². The van der Waals surface area contributed by atoms with Crippen molar-refractivity contribution in [3.05, 3.63) is 78.1 Å². The van der Waals surface area contributed by atoms with Gasteiger partial charge in [-0.3, -0.25) is 0 Å². The van der Waals surface area contributed by atoms with Crippen molar-refractivity contribution in [3.63, 3.8) is 0 Å². The predicted octanol–water partition coefficient (Wildman–Crippen LogP) is 4.56. The number of fused-ring (bicyclic) bond motifs is 2. The molecule has 1 unspecified atom stereocenters. The Hall–Kier alpha value is -2.78. The van der Waals surface area contributed by atoms with Gasteiger partial charge in [-0.1, -0.05) is 36.4 Å². The maximum atomic E-state index is 15.4. The van der Waals surface area contributed by atoms with Crippen molar-refractivity contribution in [1.29, 1.82) is 0 Å². The van der Waals surface area contributed by atoms with Gasteiger partial charge in [-0.2, -0.15) is 4.31 Å². The monoisotopic (exact) mass is 509 g/mol. The summed E-state index contributed by atoms with van der Waals surface area (Å²) in [5, 5.41) is 7.38. The lowest BCUT2D eigenvalue weighted by molar-refractivity contribution is 0.270. The van der Waals surface area contributed by atoms with E-state index in [0.29, 0.717) is 29.9 Å². The van der Waals surface area contributed by atoms with E-state index in [-0.39, 0.29) is 18.4 Å². The number of hydrogen-bond donors (Lipinski definition) is 0. The number of halogens is 1. The SMILES string of the molecule is C[C@H]1CC[C@H](c2ccccc2)S(=O)(=O)N1Cc1ccc(N2CC3CC[C@@H](C2)[C@H]3n2cnnc2)cc1F. The Morgan fingerprint density at radius 2 is 1.64 bits per heavy atom. The first-order valence-corrected chi connectivity index (χ1v) is 14.3. The highest BCUT2D eigenvalue weighted by Crippen LogP contribution is 2.46. The molecule has 2 bridgehead atoms. The zero-order chi connectivity index (χ0) is 24.9. The molecular formula is C27H32FN5O2S. The molecule has 0 spiro atoms. The minimum absolute atomic E-state index is 0.0555. The number of sulfonamides is 1. The Bertz CT molecular complexity index is 1300. The second kappa shape index (κ2) is 9.27. The van der Waals surface area contributed by atoms with Crippen LogP contribution < -0.4 is 4.90 Å². The van der Waals surface area contributed by atoms with Crippen LogP contribution in [0.4, 0.5) is 10.1 Å². The maximum Gasteiger partial charge on any atom is 0.221 e. The number of rotatable bonds is 5. The van der Waals surface area contributed by atoms with Crippen LogP contribution in [0.2, 0.25) is 0 Å². The van der Waals surface area contributed by atoms with Crippen molar-refractivity contribution < 1.29 is 12.8 Å². The van der Waals surface area contributed by atoms with Gasteiger partial charge >= 0.3 is 0 Å². The molecule has 7 nitrogen and oxygen atoms in total. The molecule has 0 radical (unpaired) electrons. The van der Waals surface area contributed by atoms with E-state index in [1.54, 1.807) is 24.8 Å². The minimum atomic E-state index is -3.60. The zero-order valence-electron chi connectivity index (χ0n) is 20.4. The highest BCUT2D eigenvalue weighted by molar-refractivity contribution is 7.89. The molecule has 3 fully saturated rings. The lowest BCUT2D eigenvalue weighted by Crippen LogP contribution is -2.45. The van der Waals surface area contributed by atoms with Crippen molar-refractivity contribution in [3.8, 4) is 0 Å². The molecule has 9 heteroatoms. The molecule has 0 amide bonds. The lowest BCUT2D eigenvalue weighted by atomic mass is 9.91. The van der Waals surface area contributed by atoms with Crippen molar-refractivity contribution in [1.82, 2.24) is 19.1 Å². The van der Waals surface area contributed by atoms with Crippen LogP contribution in [0.25, 0.3) is 0 Å². The summed E-state index contributed by atoms with van der Waals surface area (Å²) in [7, 11) is -3.60. The molecule has 2 aromatic carbocycles. The van der Waals surface area contributed by atoms with Gasteiger partial charge in [0.05, 0.1) is 0 Å². The first-order valence-electron chi connectivity index (χ1n) is 12.8. The van der Waals surface area contributed by atoms with Gasteiger partial charge < -0.3 is 9.47 Å². The molecule has 3 aliphatic rings. The number of piperidine rings is 1. The minimum Gasteiger partial charge on any atom is -0.371 e. The van der Waals surface area contributed by atoms with Gasteiger partial charge in [-0.25, -0.2) is 12.8 Å². The second-order valence-corrected chi connectivity index (χ2v) is 12.7. The first kappa shape index (κ1) is 23.6. The van der Waals surface area contributed by atoms with E-state index >= 15 is 4.39 Å². The summed E-state index contributed by atoms with van der Waals surface area (Å²) < 4.78 is 46.1. The molecule has 1 saturated carbocycles. The summed E-state index contributed by atoms with van der Waals surface area (Å²) in [6.45, 7) is 3.71. The molecule has 0 N–H and O–H groups in total. The largest absolute Gasteiger partial charge is 0.371 e. The van der Waals surface area contributed by atoms with Crippen LogP contribution >= 0.6 is 0 Å². The summed E-state index contributed by atoms with van der Waals surface area (Å²) in [5.41, 5.74) is 2.09. The predicted molar refractivity (Wildman–Crippen MR) is 136 cm³/mol. The topological polar surface area (TPSA) is 71.3 Å². The van der Waals surface area contributed by atoms with Gasteiger partial charge in [0.1, 0.15) is 23.7 Å². The molecule has 1 aliphatic carbocycles. The molecule has 190 valence electrons. The molecule has 36 heavy (non-hydrogen) atoms. The number of hydrogen-bond acceptors (Lipinski definition) is 5. The average Bonchev–Trinajstić information content (AvgIpc) is 3.48. The van der Waals surface area contributed by atoms with Gasteiger partial charge in [-0.05, 0) is 62.1 Å². The van der Waals surface area contributed by atoms with E-state index in [1.165, 1.54) is 4.31 Å². The van der Waals surface area contributed by atoms with Gasteiger partial charge in [0.2, 0.25) is 10.0 Å². The first-order chi connectivity index (χ1) is 17.4. The summed E-state index contributed by atoms with van der Waals surface area (Å²) in [6.07, 6.45) is 7.24. The third-order valence-electron chi connectivity index (χ3n) is 8.49. The van der Waals surface area contributed by atoms with Crippen molar-refractivity contribution in [2.75, 3.05) is 18.0 Å². The van der Waals surface area contributed by atoms with Crippen LogP contribution in [0.15, 0.2) is 61.2 Å². The molecular weight excluding hydrogens is 477 g/mol.